The number of benzene rings is 2. The summed E-state index contributed by atoms with van der Waals surface area (Å²) in [5.74, 6) is 1.86. The normalized spacial score (nSPS) is 18.0. The lowest BCUT2D eigenvalue weighted by Crippen LogP contribution is -2.44. The first kappa shape index (κ1) is 20.0. The van der Waals surface area contributed by atoms with E-state index in [2.05, 4.69) is 36.9 Å². The molecule has 1 fully saturated rings. The maximum Gasteiger partial charge on any atom is 0.254 e. The van der Waals surface area contributed by atoms with Gasteiger partial charge in [-0.25, -0.2) is 0 Å². The van der Waals surface area contributed by atoms with Gasteiger partial charge in [0.25, 0.3) is 5.91 Å². The lowest BCUT2D eigenvalue weighted by atomic mass is 9.98. The van der Waals surface area contributed by atoms with E-state index in [1.54, 1.807) is 0 Å². The van der Waals surface area contributed by atoms with E-state index in [4.69, 9.17) is 4.74 Å². The van der Waals surface area contributed by atoms with Crippen LogP contribution in [0.3, 0.4) is 0 Å². The molecule has 1 amide bonds. The first-order chi connectivity index (χ1) is 14.1. The van der Waals surface area contributed by atoms with Gasteiger partial charge in [0.1, 0.15) is 12.4 Å². The fraction of sp³-hybridized carbons (Fsp3) is 0.480. The minimum Gasteiger partial charge on any atom is -0.489 e. The molecule has 0 radical (unpaired) electrons. The molecule has 1 saturated heterocycles. The minimum absolute atomic E-state index is 0.169. The summed E-state index contributed by atoms with van der Waals surface area (Å²) in [6.45, 7) is 9.95. The standard InChI is InChI=1S/C25H32N2O2/c1-19-9-12-26(13-10-19)15-16-27-14-11-21-17-23(7-8-24(21)25(27)28)29-18-22-6-4-3-5-20(22)2/h3-8,17,19H,9-16,18H2,1-2H3. The molecule has 2 aliphatic rings. The van der Waals surface area contributed by atoms with Crippen LogP contribution in [0.15, 0.2) is 42.5 Å². The van der Waals surface area contributed by atoms with E-state index in [9.17, 15) is 4.79 Å². The highest BCUT2D eigenvalue weighted by molar-refractivity contribution is 5.97. The molecule has 0 aliphatic carbocycles. The summed E-state index contributed by atoms with van der Waals surface area (Å²) < 4.78 is 6.00. The van der Waals surface area contributed by atoms with E-state index < -0.39 is 0 Å². The fourth-order valence-corrected chi connectivity index (χ4v) is 4.30. The summed E-state index contributed by atoms with van der Waals surface area (Å²) in [4.78, 5) is 17.5. The van der Waals surface area contributed by atoms with Gasteiger partial charge in [-0.05, 0) is 80.1 Å². The van der Waals surface area contributed by atoms with Gasteiger partial charge in [-0.1, -0.05) is 31.2 Å². The average molecular weight is 393 g/mol. The van der Waals surface area contributed by atoms with Crippen molar-refractivity contribution >= 4 is 5.91 Å². The Balaban J connectivity index is 1.34. The second-order valence-corrected chi connectivity index (χ2v) is 8.60. The Morgan fingerprint density at radius 1 is 1.03 bits per heavy atom. The summed E-state index contributed by atoms with van der Waals surface area (Å²) in [5, 5.41) is 0. The van der Waals surface area contributed by atoms with Crippen molar-refractivity contribution in [3.63, 3.8) is 0 Å². The predicted molar refractivity (Wildman–Crippen MR) is 116 cm³/mol. The van der Waals surface area contributed by atoms with E-state index in [1.165, 1.54) is 37.1 Å². The van der Waals surface area contributed by atoms with E-state index in [1.807, 2.05) is 29.2 Å². The third kappa shape index (κ3) is 4.81. The van der Waals surface area contributed by atoms with Gasteiger partial charge in [0.2, 0.25) is 0 Å². The van der Waals surface area contributed by atoms with Crippen molar-refractivity contribution < 1.29 is 9.53 Å². The van der Waals surface area contributed by atoms with Crippen molar-refractivity contribution in [3.8, 4) is 5.75 Å². The number of amides is 1. The Morgan fingerprint density at radius 3 is 2.62 bits per heavy atom. The highest BCUT2D eigenvalue weighted by Gasteiger charge is 2.25. The lowest BCUT2D eigenvalue weighted by Gasteiger charge is -2.34. The molecule has 0 unspecified atom stereocenters. The molecular formula is C25H32N2O2. The number of fused-ring (bicyclic) bond motifs is 1. The van der Waals surface area contributed by atoms with Gasteiger partial charge in [0.05, 0.1) is 0 Å². The molecule has 0 bridgehead atoms. The van der Waals surface area contributed by atoms with E-state index >= 15 is 0 Å². The van der Waals surface area contributed by atoms with Crippen molar-refractivity contribution in [2.24, 2.45) is 5.92 Å². The van der Waals surface area contributed by atoms with Crippen molar-refractivity contribution in [2.45, 2.75) is 39.7 Å². The molecule has 4 heteroatoms. The third-order valence-corrected chi connectivity index (χ3v) is 6.46. The van der Waals surface area contributed by atoms with Crippen molar-refractivity contribution in [1.82, 2.24) is 9.80 Å². The second-order valence-electron chi connectivity index (χ2n) is 8.60. The number of rotatable bonds is 6. The highest BCUT2D eigenvalue weighted by atomic mass is 16.5. The molecule has 29 heavy (non-hydrogen) atoms. The zero-order valence-electron chi connectivity index (χ0n) is 17.7. The number of aryl methyl sites for hydroxylation is 1. The number of carbonyl (C=O) groups is 1. The number of hydrogen-bond donors (Lipinski definition) is 0. The Morgan fingerprint density at radius 2 is 1.83 bits per heavy atom. The lowest BCUT2D eigenvalue weighted by molar-refractivity contribution is 0.0707. The fourth-order valence-electron chi connectivity index (χ4n) is 4.30. The third-order valence-electron chi connectivity index (χ3n) is 6.46. The Hall–Kier alpha value is -2.33. The van der Waals surface area contributed by atoms with Gasteiger partial charge < -0.3 is 14.5 Å². The van der Waals surface area contributed by atoms with Crippen LogP contribution in [0.25, 0.3) is 0 Å². The maximum atomic E-state index is 12.9. The molecule has 2 heterocycles. The maximum absolute atomic E-state index is 12.9. The van der Waals surface area contributed by atoms with Crippen LogP contribution in [0.2, 0.25) is 0 Å². The molecule has 0 N–H and O–H groups in total. The average Bonchev–Trinajstić information content (AvgIpc) is 2.74. The van der Waals surface area contributed by atoms with Gasteiger partial charge in [-0.2, -0.15) is 0 Å². The molecule has 0 saturated carbocycles. The summed E-state index contributed by atoms with van der Waals surface area (Å²) in [5.41, 5.74) is 4.38. The van der Waals surface area contributed by atoms with Crippen molar-refractivity contribution in [2.75, 3.05) is 32.7 Å². The first-order valence-corrected chi connectivity index (χ1v) is 10.9. The minimum atomic E-state index is 0.169. The molecule has 2 aliphatic heterocycles. The highest BCUT2D eigenvalue weighted by Crippen LogP contribution is 2.25. The molecule has 2 aromatic carbocycles. The first-order valence-electron chi connectivity index (χ1n) is 10.9. The van der Waals surface area contributed by atoms with Gasteiger partial charge >= 0.3 is 0 Å². The van der Waals surface area contributed by atoms with Crippen LogP contribution in [0.4, 0.5) is 0 Å². The number of likely N-dealkylation sites (tertiary alicyclic amines) is 1. The predicted octanol–water partition coefficient (Wildman–Crippen LogP) is 4.30. The summed E-state index contributed by atoms with van der Waals surface area (Å²) >= 11 is 0. The molecule has 154 valence electrons. The molecule has 0 spiro atoms. The summed E-state index contributed by atoms with van der Waals surface area (Å²) in [7, 11) is 0. The Bertz CT molecular complexity index is 856. The molecule has 4 rings (SSSR count). The van der Waals surface area contributed by atoms with Crippen LogP contribution < -0.4 is 4.74 Å². The number of hydrogen-bond acceptors (Lipinski definition) is 3. The number of nitrogens with zero attached hydrogens (tertiary/aromatic N) is 2. The molecule has 0 aromatic heterocycles. The monoisotopic (exact) mass is 392 g/mol. The zero-order chi connectivity index (χ0) is 20.2. The van der Waals surface area contributed by atoms with Crippen LogP contribution in [-0.2, 0) is 13.0 Å². The summed E-state index contributed by atoms with van der Waals surface area (Å²) in [6.07, 6.45) is 3.46. The molecule has 4 nitrogen and oxygen atoms in total. The van der Waals surface area contributed by atoms with Crippen LogP contribution in [-0.4, -0.2) is 48.4 Å². The Kier molecular flexibility index (Phi) is 6.19. The zero-order valence-corrected chi connectivity index (χ0v) is 17.7. The SMILES string of the molecule is Cc1ccccc1COc1ccc2c(c1)CCN(CCN1CCC(C)CC1)C2=O. The van der Waals surface area contributed by atoms with E-state index in [-0.39, 0.29) is 5.91 Å². The number of ether oxygens (including phenoxy) is 1. The second kappa shape index (κ2) is 9.00. The van der Waals surface area contributed by atoms with Crippen LogP contribution in [0.5, 0.6) is 5.75 Å². The van der Waals surface area contributed by atoms with E-state index in [0.717, 1.165) is 48.8 Å². The Labute approximate surface area is 174 Å². The van der Waals surface area contributed by atoms with Crippen LogP contribution in [0, 0.1) is 12.8 Å². The van der Waals surface area contributed by atoms with Crippen LogP contribution in [0.1, 0.15) is 46.8 Å². The van der Waals surface area contributed by atoms with Gasteiger partial charge in [-0.15, -0.1) is 0 Å². The number of piperidine rings is 1. The smallest absolute Gasteiger partial charge is 0.254 e. The van der Waals surface area contributed by atoms with Gasteiger partial charge in [-0.3, -0.25) is 4.79 Å². The van der Waals surface area contributed by atoms with Crippen molar-refractivity contribution in [1.29, 1.82) is 0 Å². The van der Waals surface area contributed by atoms with Crippen molar-refractivity contribution in [3.05, 3.63) is 64.7 Å². The quantitative estimate of drug-likeness (QED) is 0.735. The molecular weight excluding hydrogens is 360 g/mol. The summed E-state index contributed by atoms with van der Waals surface area (Å²) in [6, 6.07) is 14.2. The largest absolute Gasteiger partial charge is 0.489 e. The van der Waals surface area contributed by atoms with Gasteiger partial charge in [0.15, 0.2) is 0 Å². The topological polar surface area (TPSA) is 32.8 Å². The molecule has 2 aromatic rings. The van der Waals surface area contributed by atoms with E-state index in [0.29, 0.717) is 6.61 Å². The van der Waals surface area contributed by atoms with Crippen LogP contribution >= 0.6 is 0 Å². The van der Waals surface area contributed by atoms with Gasteiger partial charge in [0, 0.05) is 25.2 Å². The number of carbonyl (C=O) groups excluding carboxylic acids is 1. The molecule has 0 atom stereocenters.